The Labute approximate surface area is 148 Å². The summed E-state index contributed by atoms with van der Waals surface area (Å²) in [7, 11) is 0. The molecule has 130 valence electrons. The zero-order valence-corrected chi connectivity index (χ0v) is 14.1. The Morgan fingerprint density at radius 3 is 2.60 bits per heavy atom. The molecule has 2 amide bonds. The summed E-state index contributed by atoms with van der Waals surface area (Å²) < 4.78 is 27.0. The summed E-state index contributed by atoms with van der Waals surface area (Å²) in [5, 5.41) is 0.428. The molecular formula is C18H15ClF2N2O2. The fourth-order valence-corrected chi connectivity index (χ4v) is 3.06. The van der Waals surface area contributed by atoms with Crippen LogP contribution in [-0.2, 0) is 4.79 Å². The summed E-state index contributed by atoms with van der Waals surface area (Å²) >= 11 is 5.91. The van der Waals surface area contributed by atoms with Gasteiger partial charge in [-0.1, -0.05) is 17.7 Å². The Morgan fingerprint density at radius 2 is 1.92 bits per heavy atom. The van der Waals surface area contributed by atoms with Gasteiger partial charge >= 0.3 is 0 Å². The molecule has 25 heavy (non-hydrogen) atoms. The number of carbonyl (C=O) groups excluding carboxylic acids is 2. The Kier molecular flexibility index (Phi) is 4.72. The second-order valence-corrected chi connectivity index (χ2v) is 6.21. The second kappa shape index (κ2) is 6.80. The Bertz CT molecular complexity index is 844. The number of halogens is 3. The summed E-state index contributed by atoms with van der Waals surface area (Å²) in [5.41, 5.74) is 0.390. The van der Waals surface area contributed by atoms with Gasteiger partial charge in [-0.15, -0.1) is 0 Å². The molecule has 0 spiro atoms. The molecule has 0 bridgehead atoms. The molecule has 1 aliphatic heterocycles. The van der Waals surface area contributed by atoms with Gasteiger partial charge in [-0.05, 0) is 37.3 Å². The maximum absolute atomic E-state index is 14.0. The van der Waals surface area contributed by atoms with Crippen LogP contribution in [0.25, 0.3) is 0 Å². The average Bonchev–Trinajstić information content (AvgIpc) is 2.57. The molecule has 0 radical (unpaired) electrons. The Morgan fingerprint density at radius 1 is 1.16 bits per heavy atom. The van der Waals surface area contributed by atoms with Gasteiger partial charge in [0.05, 0.1) is 5.69 Å². The summed E-state index contributed by atoms with van der Waals surface area (Å²) in [4.78, 5) is 27.9. The van der Waals surface area contributed by atoms with Gasteiger partial charge in [0.2, 0.25) is 5.91 Å². The van der Waals surface area contributed by atoms with Gasteiger partial charge in [0.1, 0.15) is 17.7 Å². The number of rotatable bonds is 2. The molecule has 0 aromatic heterocycles. The van der Waals surface area contributed by atoms with Crippen LogP contribution >= 0.6 is 11.6 Å². The molecule has 0 aliphatic carbocycles. The van der Waals surface area contributed by atoms with Crippen LogP contribution in [0.3, 0.4) is 0 Å². The molecule has 1 atom stereocenters. The first kappa shape index (κ1) is 17.4. The van der Waals surface area contributed by atoms with Crippen molar-refractivity contribution >= 4 is 29.1 Å². The lowest BCUT2D eigenvalue weighted by atomic mass is 10.1. The van der Waals surface area contributed by atoms with Crippen LogP contribution in [-0.4, -0.2) is 35.8 Å². The quantitative estimate of drug-likeness (QED) is 0.818. The van der Waals surface area contributed by atoms with Crippen molar-refractivity contribution in [1.82, 2.24) is 4.90 Å². The lowest BCUT2D eigenvalue weighted by Crippen LogP contribution is -2.58. The Balaban J connectivity index is 1.83. The molecule has 0 N–H and O–H groups in total. The minimum atomic E-state index is -0.810. The number of nitrogens with zero attached hydrogens (tertiary/aromatic N) is 2. The summed E-state index contributed by atoms with van der Waals surface area (Å²) in [6, 6.07) is 8.75. The van der Waals surface area contributed by atoms with E-state index in [1.807, 2.05) is 0 Å². The molecule has 2 aromatic carbocycles. The SMILES string of the molecule is CC1C(=O)N(c2ccc(F)cc2F)CCN1C(=O)c1cccc(Cl)c1. The van der Waals surface area contributed by atoms with E-state index in [4.69, 9.17) is 11.6 Å². The van der Waals surface area contributed by atoms with E-state index in [0.29, 0.717) is 10.6 Å². The van der Waals surface area contributed by atoms with Crippen LogP contribution in [0.15, 0.2) is 42.5 Å². The van der Waals surface area contributed by atoms with E-state index in [2.05, 4.69) is 0 Å². The van der Waals surface area contributed by atoms with E-state index in [0.717, 1.165) is 12.1 Å². The third kappa shape index (κ3) is 3.35. The predicted octanol–water partition coefficient (Wildman–Crippen LogP) is 3.50. The van der Waals surface area contributed by atoms with Crippen LogP contribution in [0, 0.1) is 11.6 Å². The summed E-state index contributed by atoms with van der Waals surface area (Å²) in [5.74, 6) is -2.26. The van der Waals surface area contributed by atoms with Crippen molar-refractivity contribution in [2.45, 2.75) is 13.0 Å². The van der Waals surface area contributed by atoms with E-state index >= 15 is 0 Å². The van der Waals surface area contributed by atoms with Crippen LogP contribution in [0.2, 0.25) is 5.02 Å². The monoisotopic (exact) mass is 364 g/mol. The highest BCUT2D eigenvalue weighted by atomic mass is 35.5. The number of hydrogen-bond donors (Lipinski definition) is 0. The fourth-order valence-electron chi connectivity index (χ4n) is 2.87. The van der Waals surface area contributed by atoms with Crippen molar-refractivity contribution in [2.75, 3.05) is 18.0 Å². The molecule has 4 nitrogen and oxygen atoms in total. The highest BCUT2D eigenvalue weighted by Crippen LogP contribution is 2.25. The average molecular weight is 365 g/mol. The smallest absolute Gasteiger partial charge is 0.254 e. The van der Waals surface area contributed by atoms with Crippen molar-refractivity contribution in [1.29, 1.82) is 0 Å². The first-order valence-corrected chi connectivity index (χ1v) is 8.09. The molecule has 1 saturated heterocycles. The van der Waals surface area contributed by atoms with Gasteiger partial charge in [0, 0.05) is 29.7 Å². The lowest BCUT2D eigenvalue weighted by Gasteiger charge is -2.39. The van der Waals surface area contributed by atoms with Gasteiger partial charge in [0.15, 0.2) is 0 Å². The minimum Gasteiger partial charge on any atom is -0.325 e. The van der Waals surface area contributed by atoms with Crippen LogP contribution in [0.5, 0.6) is 0 Å². The van der Waals surface area contributed by atoms with E-state index in [9.17, 15) is 18.4 Å². The second-order valence-electron chi connectivity index (χ2n) is 5.77. The lowest BCUT2D eigenvalue weighted by molar-refractivity contribution is -0.124. The van der Waals surface area contributed by atoms with Crippen molar-refractivity contribution < 1.29 is 18.4 Å². The molecule has 1 fully saturated rings. The van der Waals surface area contributed by atoms with Crippen molar-refractivity contribution in [3.8, 4) is 0 Å². The molecular weight excluding hydrogens is 350 g/mol. The van der Waals surface area contributed by atoms with Gasteiger partial charge in [-0.25, -0.2) is 8.78 Å². The fraction of sp³-hybridized carbons (Fsp3) is 0.222. The van der Waals surface area contributed by atoms with Crippen molar-refractivity contribution in [2.24, 2.45) is 0 Å². The molecule has 3 rings (SSSR count). The third-order valence-corrected chi connectivity index (χ3v) is 4.42. The number of anilines is 1. The van der Waals surface area contributed by atoms with Gasteiger partial charge < -0.3 is 9.80 Å². The topological polar surface area (TPSA) is 40.6 Å². The maximum Gasteiger partial charge on any atom is 0.254 e. The van der Waals surface area contributed by atoms with Crippen LogP contribution in [0.1, 0.15) is 17.3 Å². The standard InChI is InChI=1S/C18H15ClF2N2O2/c1-11-17(24)23(16-6-5-14(20)10-15(16)21)8-7-22(11)18(25)12-3-2-4-13(19)9-12/h2-6,9-11H,7-8H2,1H3. The number of hydrogen-bond acceptors (Lipinski definition) is 2. The molecule has 0 saturated carbocycles. The van der Waals surface area contributed by atoms with Crippen LogP contribution in [0.4, 0.5) is 14.5 Å². The molecule has 1 unspecified atom stereocenters. The van der Waals surface area contributed by atoms with E-state index in [1.165, 1.54) is 21.9 Å². The molecule has 1 heterocycles. The van der Waals surface area contributed by atoms with Gasteiger partial charge in [-0.2, -0.15) is 0 Å². The zero-order chi connectivity index (χ0) is 18.1. The van der Waals surface area contributed by atoms with Gasteiger partial charge in [-0.3, -0.25) is 9.59 Å². The minimum absolute atomic E-state index is 0.00750. The molecule has 2 aromatic rings. The first-order chi connectivity index (χ1) is 11.9. The van der Waals surface area contributed by atoms with Crippen LogP contribution < -0.4 is 4.90 Å². The Hall–Kier alpha value is -2.47. The van der Waals surface area contributed by atoms with Crippen molar-refractivity contribution in [3.63, 3.8) is 0 Å². The number of amides is 2. The van der Waals surface area contributed by atoms with Gasteiger partial charge in [0.25, 0.3) is 5.91 Å². The van der Waals surface area contributed by atoms with E-state index in [1.54, 1.807) is 25.1 Å². The predicted molar refractivity (Wildman–Crippen MR) is 90.7 cm³/mol. The highest BCUT2D eigenvalue weighted by molar-refractivity contribution is 6.31. The highest BCUT2D eigenvalue weighted by Gasteiger charge is 2.36. The molecule has 7 heteroatoms. The zero-order valence-electron chi connectivity index (χ0n) is 13.4. The maximum atomic E-state index is 14.0. The number of benzene rings is 2. The normalized spacial score (nSPS) is 17.8. The van der Waals surface area contributed by atoms with E-state index in [-0.39, 0.29) is 24.7 Å². The third-order valence-electron chi connectivity index (χ3n) is 4.19. The largest absolute Gasteiger partial charge is 0.325 e. The first-order valence-electron chi connectivity index (χ1n) is 7.71. The van der Waals surface area contributed by atoms with E-state index < -0.39 is 23.6 Å². The van der Waals surface area contributed by atoms with Crippen molar-refractivity contribution in [3.05, 3.63) is 64.7 Å². The summed E-state index contributed by atoms with van der Waals surface area (Å²) in [6.45, 7) is 1.94. The number of carbonyl (C=O) groups is 2. The molecule has 1 aliphatic rings. The summed E-state index contributed by atoms with van der Waals surface area (Å²) in [6.07, 6.45) is 0. The number of piperazine rings is 1.